The average Bonchev–Trinajstić information content (AvgIpc) is 2.53. The van der Waals surface area contributed by atoms with Gasteiger partial charge in [0.15, 0.2) is 0 Å². The highest BCUT2D eigenvalue weighted by molar-refractivity contribution is 5.46. The molecule has 0 aromatic carbocycles. The first-order valence-electron chi connectivity index (χ1n) is 4.65. The van der Waals surface area contributed by atoms with E-state index in [0.717, 1.165) is 18.6 Å². The molecule has 2 heteroatoms. The van der Waals surface area contributed by atoms with Gasteiger partial charge in [-0.25, -0.2) is 0 Å². The standard InChI is InChI=1S/C11H17NO/c1-9(5-6-10(2)12)8-11-4-3-7-13-11/h3-4,7-8,10H,5-6,12H2,1-2H3/b9-8+/t10-/m1/s1. The summed E-state index contributed by atoms with van der Waals surface area (Å²) >= 11 is 0. The van der Waals surface area contributed by atoms with Crippen LogP contribution in [0.25, 0.3) is 6.08 Å². The summed E-state index contributed by atoms with van der Waals surface area (Å²) in [6.45, 7) is 4.13. The van der Waals surface area contributed by atoms with Crippen molar-refractivity contribution in [1.82, 2.24) is 0 Å². The molecular formula is C11H17NO. The zero-order valence-corrected chi connectivity index (χ0v) is 8.29. The van der Waals surface area contributed by atoms with E-state index in [9.17, 15) is 0 Å². The van der Waals surface area contributed by atoms with E-state index in [-0.39, 0.29) is 6.04 Å². The van der Waals surface area contributed by atoms with Crippen molar-refractivity contribution in [3.63, 3.8) is 0 Å². The number of allylic oxidation sites excluding steroid dienone is 1. The Kier molecular flexibility index (Phi) is 3.77. The Hall–Kier alpha value is -1.02. The van der Waals surface area contributed by atoms with E-state index in [0.29, 0.717) is 0 Å². The second-order valence-corrected chi connectivity index (χ2v) is 3.52. The molecule has 13 heavy (non-hydrogen) atoms. The fraction of sp³-hybridized carbons (Fsp3) is 0.455. The zero-order valence-electron chi connectivity index (χ0n) is 8.29. The van der Waals surface area contributed by atoms with Crippen molar-refractivity contribution in [2.24, 2.45) is 5.73 Å². The Labute approximate surface area is 79.4 Å². The summed E-state index contributed by atoms with van der Waals surface area (Å²) in [5.41, 5.74) is 6.98. The van der Waals surface area contributed by atoms with Gasteiger partial charge in [-0.3, -0.25) is 0 Å². The summed E-state index contributed by atoms with van der Waals surface area (Å²) in [4.78, 5) is 0. The molecule has 0 aliphatic carbocycles. The smallest absolute Gasteiger partial charge is 0.126 e. The summed E-state index contributed by atoms with van der Waals surface area (Å²) in [7, 11) is 0. The van der Waals surface area contributed by atoms with Crippen molar-refractivity contribution >= 4 is 6.08 Å². The SMILES string of the molecule is C/C(=C\c1ccco1)CC[C@@H](C)N. The van der Waals surface area contributed by atoms with Gasteiger partial charge in [-0.05, 0) is 44.9 Å². The topological polar surface area (TPSA) is 39.2 Å². The molecule has 0 fully saturated rings. The zero-order chi connectivity index (χ0) is 9.68. The lowest BCUT2D eigenvalue weighted by Crippen LogP contribution is -2.14. The van der Waals surface area contributed by atoms with E-state index < -0.39 is 0 Å². The van der Waals surface area contributed by atoms with Crippen molar-refractivity contribution in [2.45, 2.75) is 32.7 Å². The highest BCUT2D eigenvalue weighted by atomic mass is 16.3. The fourth-order valence-electron chi connectivity index (χ4n) is 1.14. The third-order valence-corrected chi connectivity index (χ3v) is 1.93. The highest BCUT2D eigenvalue weighted by Gasteiger charge is 1.96. The van der Waals surface area contributed by atoms with Gasteiger partial charge in [0.1, 0.15) is 5.76 Å². The van der Waals surface area contributed by atoms with Crippen LogP contribution in [0.1, 0.15) is 32.4 Å². The van der Waals surface area contributed by atoms with E-state index in [4.69, 9.17) is 10.2 Å². The maximum absolute atomic E-state index is 5.66. The predicted molar refractivity (Wildman–Crippen MR) is 55.2 cm³/mol. The molecule has 0 unspecified atom stereocenters. The summed E-state index contributed by atoms with van der Waals surface area (Å²) in [6.07, 6.45) is 5.81. The van der Waals surface area contributed by atoms with Gasteiger partial charge >= 0.3 is 0 Å². The van der Waals surface area contributed by atoms with Crippen molar-refractivity contribution < 1.29 is 4.42 Å². The van der Waals surface area contributed by atoms with Crippen LogP contribution in [0.3, 0.4) is 0 Å². The van der Waals surface area contributed by atoms with Crippen LogP contribution in [0.4, 0.5) is 0 Å². The third kappa shape index (κ3) is 3.95. The molecule has 0 saturated heterocycles. The maximum Gasteiger partial charge on any atom is 0.126 e. The van der Waals surface area contributed by atoms with Gasteiger partial charge in [0.25, 0.3) is 0 Å². The molecule has 1 heterocycles. The Morgan fingerprint density at radius 1 is 1.69 bits per heavy atom. The lowest BCUT2D eigenvalue weighted by atomic mass is 10.1. The molecule has 1 rings (SSSR count). The predicted octanol–water partition coefficient (Wildman–Crippen LogP) is 2.81. The molecule has 72 valence electrons. The second-order valence-electron chi connectivity index (χ2n) is 3.52. The van der Waals surface area contributed by atoms with Gasteiger partial charge in [0.2, 0.25) is 0 Å². The minimum absolute atomic E-state index is 0.278. The van der Waals surface area contributed by atoms with Crippen LogP contribution in [-0.2, 0) is 0 Å². The largest absolute Gasteiger partial charge is 0.465 e. The monoisotopic (exact) mass is 179 g/mol. The first-order valence-corrected chi connectivity index (χ1v) is 4.65. The van der Waals surface area contributed by atoms with Crippen LogP contribution < -0.4 is 5.73 Å². The fourth-order valence-corrected chi connectivity index (χ4v) is 1.14. The summed E-state index contributed by atoms with van der Waals surface area (Å²) in [6, 6.07) is 4.12. The molecule has 1 aromatic heterocycles. The Balaban J connectivity index is 2.43. The molecular weight excluding hydrogens is 162 g/mol. The van der Waals surface area contributed by atoms with E-state index in [2.05, 4.69) is 13.0 Å². The number of furan rings is 1. The van der Waals surface area contributed by atoms with Gasteiger partial charge < -0.3 is 10.2 Å². The molecule has 1 atom stereocenters. The van der Waals surface area contributed by atoms with Gasteiger partial charge in [-0.15, -0.1) is 0 Å². The van der Waals surface area contributed by atoms with E-state index in [1.165, 1.54) is 5.57 Å². The van der Waals surface area contributed by atoms with Crippen LogP contribution in [0, 0.1) is 0 Å². The van der Waals surface area contributed by atoms with Crippen LogP contribution in [0.15, 0.2) is 28.4 Å². The third-order valence-electron chi connectivity index (χ3n) is 1.93. The van der Waals surface area contributed by atoms with Crippen LogP contribution >= 0.6 is 0 Å². The number of hydrogen-bond donors (Lipinski definition) is 1. The molecule has 2 nitrogen and oxygen atoms in total. The van der Waals surface area contributed by atoms with Gasteiger partial charge in [0.05, 0.1) is 6.26 Å². The number of rotatable bonds is 4. The van der Waals surface area contributed by atoms with E-state index in [1.54, 1.807) is 6.26 Å². The lowest BCUT2D eigenvalue weighted by Gasteiger charge is -2.03. The number of nitrogens with two attached hydrogens (primary N) is 1. The first kappa shape index (κ1) is 10.1. The van der Waals surface area contributed by atoms with Gasteiger partial charge in [0, 0.05) is 6.04 Å². The Bertz CT molecular complexity index is 260. The van der Waals surface area contributed by atoms with Crippen LogP contribution in [-0.4, -0.2) is 6.04 Å². The molecule has 0 bridgehead atoms. The maximum atomic E-state index is 5.66. The molecule has 0 aliphatic rings. The second kappa shape index (κ2) is 4.87. The summed E-state index contributed by atoms with van der Waals surface area (Å²) in [5, 5.41) is 0. The van der Waals surface area contributed by atoms with Crippen LogP contribution in [0.2, 0.25) is 0 Å². The van der Waals surface area contributed by atoms with E-state index >= 15 is 0 Å². The van der Waals surface area contributed by atoms with Crippen molar-refractivity contribution in [3.8, 4) is 0 Å². The Morgan fingerprint density at radius 2 is 2.46 bits per heavy atom. The molecule has 0 spiro atoms. The minimum atomic E-state index is 0.278. The highest BCUT2D eigenvalue weighted by Crippen LogP contribution is 2.11. The van der Waals surface area contributed by atoms with Crippen molar-refractivity contribution in [3.05, 3.63) is 29.7 Å². The summed E-state index contributed by atoms with van der Waals surface area (Å²) in [5.74, 6) is 0.919. The molecule has 1 aromatic rings. The molecule has 2 N–H and O–H groups in total. The van der Waals surface area contributed by atoms with E-state index in [1.807, 2.05) is 19.1 Å². The van der Waals surface area contributed by atoms with Gasteiger partial charge in [-0.1, -0.05) is 5.57 Å². The molecule has 0 radical (unpaired) electrons. The van der Waals surface area contributed by atoms with Crippen molar-refractivity contribution in [2.75, 3.05) is 0 Å². The minimum Gasteiger partial charge on any atom is -0.465 e. The molecule has 0 aliphatic heterocycles. The number of hydrogen-bond acceptors (Lipinski definition) is 2. The van der Waals surface area contributed by atoms with Gasteiger partial charge in [-0.2, -0.15) is 0 Å². The quantitative estimate of drug-likeness (QED) is 0.772. The first-order chi connectivity index (χ1) is 6.18. The molecule has 0 saturated carbocycles. The lowest BCUT2D eigenvalue weighted by molar-refractivity contribution is 0.556. The molecule has 0 amide bonds. The average molecular weight is 179 g/mol. The Morgan fingerprint density at radius 3 is 3.00 bits per heavy atom. The summed E-state index contributed by atoms with van der Waals surface area (Å²) < 4.78 is 5.20. The van der Waals surface area contributed by atoms with Crippen molar-refractivity contribution in [1.29, 1.82) is 0 Å². The normalized spacial score (nSPS) is 14.5. The van der Waals surface area contributed by atoms with Crippen LogP contribution in [0.5, 0.6) is 0 Å².